The monoisotopic (exact) mass is 216 g/mol. The average molecular weight is 216 g/mol. The van der Waals surface area contributed by atoms with Gasteiger partial charge in [-0.25, -0.2) is 0 Å². The Labute approximate surface area is 97.8 Å². The van der Waals surface area contributed by atoms with Crippen LogP contribution in [0.25, 0.3) is 0 Å². The lowest BCUT2D eigenvalue weighted by molar-refractivity contribution is -0.183. The molecule has 1 aliphatic carbocycles. The van der Waals surface area contributed by atoms with Gasteiger partial charge in [-0.2, -0.15) is 0 Å². The van der Waals surface area contributed by atoms with Crippen molar-refractivity contribution >= 4 is 0 Å². The van der Waals surface area contributed by atoms with Crippen LogP contribution in [-0.4, -0.2) is 6.61 Å². The molecule has 2 aliphatic heterocycles. The Bertz CT molecular complexity index is 366. The molecule has 2 saturated heterocycles. The van der Waals surface area contributed by atoms with Gasteiger partial charge in [-0.1, -0.05) is 36.8 Å². The van der Waals surface area contributed by atoms with Crippen LogP contribution in [0, 0.1) is 12.3 Å². The summed E-state index contributed by atoms with van der Waals surface area (Å²) in [4.78, 5) is 0. The summed E-state index contributed by atoms with van der Waals surface area (Å²) >= 11 is 0. The molecule has 2 heterocycles. The molecule has 4 rings (SSSR count). The van der Waals surface area contributed by atoms with Crippen molar-refractivity contribution in [2.45, 2.75) is 45.1 Å². The van der Waals surface area contributed by atoms with Crippen molar-refractivity contribution in [3.63, 3.8) is 0 Å². The zero-order valence-corrected chi connectivity index (χ0v) is 10.3. The number of rotatable bonds is 1. The predicted octanol–water partition coefficient (Wildman–Crippen LogP) is 3.80. The van der Waals surface area contributed by atoms with E-state index in [0.717, 1.165) is 6.61 Å². The van der Waals surface area contributed by atoms with Gasteiger partial charge in [0.25, 0.3) is 0 Å². The highest BCUT2D eigenvalue weighted by atomic mass is 16.5. The fourth-order valence-electron chi connectivity index (χ4n) is 3.09. The molecule has 0 amide bonds. The molecule has 1 aromatic rings. The van der Waals surface area contributed by atoms with E-state index in [4.69, 9.17) is 4.74 Å². The largest absolute Gasteiger partial charge is 0.370 e. The van der Waals surface area contributed by atoms with E-state index >= 15 is 0 Å². The van der Waals surface area contributed by atoms with E-state index in [1.54, 1.807) is 0 Å². The van der Waals surface area contributed by atoms with Crippen molar-refractivity contribution < 1.29 is 4.74 Å². The summed E-state index contributed by atoms with van der Waals surface area (Å²) in [5, 5.41) is 0. The van der Waals surface area contributed by atoms with E-state index in [1.807, 2.05) is 0 Å². The molecule has 0 radical (unpaired) electrons. The minimum atomic E-state index is 0.0471. The van der Waals surface area contributed by atoms with Crippen molar-refractivity contribution in [2.75, 3.05) is 6.61 Å². The molecule has 3 fully saturated rings. The summed E-state index contributed by atoms with van der Waals surface area (Å²) in [5.41, 5.74) is 3.23. The maximum absolute atomic E-state index is 6.19. The van der Waals surface area contributed by atoms with Crippen LogP contribution in [0.5, 0.6) is 0 Å². The fourth-order valence-corrected chi connectivity index (χ4v) is 3.09. The lowest BCUT2D eigenvalue weighted by Gasteiger charge is -2.52. The molecular weight excluding hydrogens is 196 g/mol. The van der Waals surface area contributed by atoms with Gasteiger partial charge in [0, 0.05) is 0 Å². The Balaban J connectivity index is 1.92. The van der Waals surface area contributed by atoms with Crippen molar-refractivity contribution in [1.29, 1.82) is 0 Å². The van der Waals surface area contributed by atoms with Crippen molar-refractivity contribution in [3.8, 4) is 0 Å². The van der Waals surface area contributed by atoms with E-state index in [-0.39, 0.29) is 5.60 Å². The first-order valence-corrected chi connectivity index (χ1v) is 6.33. The molecule has 0 spiro atoms. The van der Waals surface area contributed by atoms with E-state index in [9.17, 15) is 0 Å². The molecule has 86 valence electrons. The number of ether oxygens (including phenoxy) is 1. The first-order valence-electron chi connectivity index (χ1n) is 6.33. The maximum Gasteiger partial charge on any atom is 0.0932 e. The normalized spacial score (nSPS) is 37.6. The van der Waals surface area contributed by atoms with E-state index < -0.39 is 0 Å². The molecule has 0 unspecified atom stereocenters. The van der Waals surface area contributed by atoms with E-state index in [2.05, 4.69) is 38.1 Å². The molecule has 1 saturated carbocycles. The number of fused-ring (bicyclic) bond motifs is 3. The molecule has 1 aromatic carbocycles. The minimum Gasteiger partial charge on any atom is -0.370 e. The Morgan fingerprint density at radius 3 is 2.12 bits per heavy atom. The van der Waals surface area contributed by atoms with Crippen LogP contribution in [0.1, 0.15) is 43.7 Å². The second-order valence-corrected chi connectivity index (χ2v) is 5.96. The Hall–Kier alpha value is -0.820. The Morgan fingerprint density at radius 2 is 1.62 bits per heavy atom. The molecule has 1 heteroatoms. The number of hydrogen-bond acceptors (Lipinski definition) is 1. The highest BCUT2D eigenvalue weighted by molar-refractivity contribution is 5.28. The number of hydrogen-bond donors (Lipinski definition) is 0. The third kappa shape index (κ3) is 1.49. The summed E-state index contributed by atoms with van der Waals surface area (Å²) in [6, 6.07) is 8.92. The van der Waals surface area contributed by atoms with Crippen LogP contribution in [0.2, 0.25) is 0 Å². The van der Waals surface area contributed by atoms with Gasteiger partial charge in [0.15, 0.2) is 0 Å². The average Bonchev–Trinajstić information content (AvgIpc) is 2.31. The fraction of sp³-hybridized carbons (Fsp3) is 0.600. The molecule has 1 nitrogen and oxygen atoms in total. The Kier molecular flexibility index (Phi) is 2.16. The van der Waals surface area contributed by atoms with Crippen LogP contribution < -0.4 is 0 Å². The zero-order chi connectivity index (χ0) is 11.2. The van der Waals surface area contributed by atoms with Gasteiger partial charge in [-0.3, -0.25) is 0 Å². The first-order chi connectivity index (χ1) is 7.62. The zero-order valence-electron chi connectivity index (χ0n) is 10.3. The van der Waals surface area contributed by atoms with Gasteiger partial charge >= 0.3 is 0 Å². The lowest BCUT2D eigenvalue weighted by Crippen LogP contribution is -2.47. The maximum atomic E-state index is 6.19. The SMILES string of the molecule is Cc1ccc(C23CCC(C)(CC2)CO3)cc1. The highest BCUT2D eigenvalue weighted by Crippen LogP contribution is 2.53. The lowest BCUT2D eigenvalue weighted by atomic mass is 9.65. The number of benzene rings is 1. The van der Waals surface area contributed by atoms with Crippen LogP contribution in [-0.2, 0) is 10.3 Å². The summed E-state index contributed by atoms with van der Waals surface area (Å²) in [6.45, 7) is 5.45. The number of aryl methyl sites for hydroxylation is 1. The summed E-state index contributed by atoms with van der Waals surface area (Å²) in [5.74, 6) is 0. The van der Waals surface area contributed by atoms with E-state index in [1.165, 1.54) is 36.8 Å². The van der Waals surface area contributed by atoms with E-state index in [0.29, 0.717) is 5.41 Å². The van der Waals surface area contributed by atoms with Crippen molar-refractivity contribution in [1.82, 2.24) is 0 Å². The van der Waals surface area contributed by atoms with Gasteiger partial charge in [-0.15, -0.1) is 0 Å². The summed E-state index contributed by atoms with van der Waals surface area (Å²) in [7, 11) is 0. The van der Waals surface area contributed by atoms with Gasteiger partial charge in [0.2, 0.25) is 0 Å². The van der Waals surface area contributed by atoms with Crippen LogP contribution in [0.3, 0.4) is 0 Å². The summed E-state index contributed by atoms with van der Waals surface area (Å²) in [6.07, 6.45) is 5.04. The third-order valence-corrected chi connectivity index (χ3v) is 4.54. The minimum absolute atomic E-state index is 0.0471. The molecular formula is C15H20O. The second-order valence-electron chi connectivity index (χ2n) is 5.96. The van der Waals surface area contributed by atoms with Gasteiger partial charge in [0.1, 0.15) is 0 Å². The smallest absolute Gasteiger partial charge is 0.0932 e. The van der Waals surface area contributed by atoms with Crippen LogP contribution >= 0.6 is 0 Å². The molecule has 0 N–H and O–H groups in total. The molecule has 0 atom stereocenters. The Morgan fingerprint density at radius 1 is 1.00 bits per heavy atom. The second kappa shape index (κ2) is 3.33. The van der Waals surface area contributed by atoms with Gasteiger partial charge < -0.3 is 4.74 Å². The molecule has 2 bridgehead atoms. The van der Waals surface area contributed by atoms with Crippen molar-refractivity contribution in [3.05, 3.63) is 35.4 Å². The van der Waals surface area contributed by atoms with Crippen molar-refractivity contribution in [2.24, 2.45) is 5.41 Å². The van der Waals surface area contributed by atoms with Crippen LogP contribution in [0.15, 0.2) is 24.3 Å². The van der Waals surface area contributed by atoms with Gasteiger partial charge in [-0.05, 0) is 43.6 Å². The molecule has 16 heavy (non-hydrogen) atoms. The predicted molar refractivity (Wildman–Crippen MR) is 65.4 cm³/mol. The standard InChI is InChI=1S/C15H20O/c1-12-3-5-13(6-4-12)15-9-7-14(2,8-10-15)11-16-15/h3-6H,7-11H2,1-2H3. The van der Waals surface area contributed by atoms with Crippen LogP contribution in [0.4, 0.5) is 0 Å². The topological polar surface area (TPSA) is 9.23 Å². The summed E-state index contributed by atoms with van der Waals surface area (Å²) < 4.78 is 6.19. The third-order valence-electron chi connectivity index (χ3n) is 4.54. The quantitative estimate of drug-likeness (QED) is 0.693. The molecule has 0 aromatic heterocycles. The van der Waals surface area contributed by atoms with Gasteiger partial charge in [0.05, 0.1) is 12.2 Å². The molecule has 3 aliphatic rings. The first kappa shape index (κ1) is 10.3. The highest BCUT2D eigenvalue weighted by Gasteiger charge is 2.48.